The van der Waals surface area contributed by atoms with Crippen LogP contribution in [-0.4, -0.2) is 10.8 Å². The van der Waals surface area contributed by atoms with E-state index in [0.717, 1.165) is 0 Å². The first-order chi connectivity index (χ1) is 2.00. The first-order valence-corrected chi connectivity index (χ1v) is 6.41. The second-order valence-electron chi connectivity index (χ2n) is 0.513. The van der Waals surface area contributed by atoms with E-state index in [0.29, 0.717) is 0 Å². The van der Waals surface area contributed by atoms with Crippen molar-refractivity contribution in [3.05, 3.63) is 0 Å². The van der Waals surface area contributed by atoms with E-state index >= 15 is 0 Å². The van der Waals surface area contributed by atoms with Crippen LogP contribution in [0.5, 0.6) is 0 Å². The molecular weight excluding hydrogens is 245 g/mol. The molecule has 0 bridgehead atoms. The van der Waals surface area contributed by atoms with Crippen molar-refractivity contribution < 1.29 is 32.4 Å². The van der Waals surface area contributed by atoms with E-state index < -0.39 is 18.3 Å². The van der Waals surface area contributed by atoms with E-state index in [-0.39, 0.29) is 0 Å². The molecular formula is H3O4Ta. The Morgan fingerprint density at radius 1 is 1.20 bits per heavy atom. The van der Waals surface area contributed by atoms with Crippen molar-refractivity contribution in [2.24, 2.45) is 0 Å². The summed E-state index contributed by atoms with van der Waals surface area (Å²) in [7, 11) is 0. The zero-order chi connectivity index (χ0) is 4.50. The zero-order valence-corrected chi connectivity index (χ0v) is 5.41. The number of hydrogen-bond donors (Lipinski definition) is 3. The molecule has 0 aliphatic carbocycles. The van der Waals surface area contributed by atoms with Crippen LogP contribution in [0.15, 0.2) is 0 Å². The Kier molecular flexibility index (Phi) is 1.36. The van der Waals surface area contributed by atoms with Gasteiger partial charge in [-0.1, -0.05) is 0 Å². The molecule has 4 nitrogen and oxygen atoms in total. The van der Waals surface area contributed by atoms with E-state index in [1.54, 1.807) is 0 Å². The van der Waals surface area contributed by atoms with Gasteiger partial charge in [-0.2, -0.15) is 0 Å². The number of hydrogen-bond acceptors (Lipinski definition) is 1. The third-order valence-electron chi connectivity index (χ3n) is 0. The van der Waals surface area contributed by atoms with Crippen molar-refractivity contribution in [2.45, 2.75) is 0 Å². The van der Waals surface area contributed by atoms with Gasteiger partial charge in [-0.3, -0.25) is 0 Å². The third-order valence-corrected chi connectivity index (χ3v) is 0. The van der Waals surface area contributed by atoms with E-state index in [4.69, 9.17) is 14.1 Å². The Morgan fingerprint density at radius 3 is 1.20 bits per heavy atom. The summed E-state index contributed by atoms with van der Waals surface area (Å²) >= 11 is -5.47. The molecule has 0 saturated carbocycles. The van der Waals surface area contributed by atoms with Gasteiger partial charge in [-0.25, -0.2) is 0 Å². The van der Waals surface area contributed by atoms with Gasteiger partial charge in [-0.15, -0.1) is 0 Å². The zero-order valence-electron chi connectivity index (χ0n) is 2.20. The summed E-state index contributed by atoms with van der Waals surface area (Å²) in [5, 5.41) is 0. The van der Waals surface area contributed by atoms with Crippen molar-refractivity contribution in [1.29, 1.82) is 0 Å². The van der Waals surface area contributed by atoms with Crippen LogP contribution >= 0.6 is 0 Å². The minimum atomic E-state index is -5.47. The molecule has 0 spiro atoms. The first kappa shape index (κ1) is 5.42. The van der Waals surface area contributed by atoms with Crippen molar-refractivity contribution in [3.8, 4) is 0 Å². The van der Waals surface area contributed by atoms with Crippen LogP contribution in [0, 0.1) is 0 Å². The third kappa shape index (κ3) is 147. The summed E-state index contributed by atoms with van der Waals surface area (Å²) in [4.78, 5) is 0. The minimum absolute atomic E-state index is 5.47. The van der Waals surface area contributed by atoms with Gasteiger partial charge in [0.2, 0.25) is 0 Å². The molecule has 5 heteroatoms. The fraction of sp³-hybridized carbons (Fsp3) is 0. The second kappa shape index (κ2) is 1.25. The fourth-order valence-electron chi connectivity index (χ4n) is 0. The van der Waals surface area contributed by atoms with Gasteiger partial charge in [0, 0.05) is 0 Å². The maximum absolute atomic E-state index is 8.99. The molecule has 0 aromatic rings. The van der Waals surface area contributed by atoms with Crippen molar-refractivity contribution in [2.75, 3.05) is 0 Å². The van der Waals surface area contributed by atoms with Crippen LogP contribution < -0.4 is 0 Å². The van der Waals surface area contributed by atoms with Gasteiger partial charge < -0.3 is 0 Å². The molecule has 5 heavy (non-hydrogen) atoms. The predicted octanol–water partition coefficient (Wildman–Crippen LogP) is -1.79. The van der Waals surface area contributed by atoms with Crippen LogP contribution in [-0.2, 0) is 21.5 Å². The molecule has 3 N–H and O–H groups in total. The Labute approximate surface area is 33.0 Å². The summed E-state index contributed by atoms with van der Waals surface area (Å²) in [5.41, 5.74) is 0. The van der Waals surface area contributed by atoms with E-state index in [2.05, 4.69) is 0 Å². The van der Waals surface area contributed by atoms with Gasteiger partial charge in [0.15, 0.2) is 0 Å². The molecule has 0 unspecified atom stereocenters. The average Bonchev–Trinajstić information content (AvgIpc) is 0.722. The van der Waals surface area contributed by atoms with Gasteiger partial charge in [-0.05, 0) is 0 Å². The van der Waals surface area contributed by atoms with Crippen LogP contribution in [0.3, 0.4) is 0 Å². The van der Waals surface area contributed by atoms with Crippen LogP contribution in [0.4, 0.5) is 0 Å². The van der Waals surface area contributed by atoms with Gasteiger partial charge in [0.25, 0.3) is 0 Å². The van der Waals surface area contributed by atoms with E-state index in [9.17, 15) is 0 Å². The molecule has 0 rings (SSSR count). The van der Waals surface area contributed by atoms with Gasteiger partial charge in [0.05, 0.1) is 0 Å². The molecule has 0 aliphatic rings. The molecule has 32 valence electrons. The van der Waals surface area contributed by atoms with Crippen molar-refractivity contribution in [1.82, 2.24) is 0 Å². The molecule has 0 radical (unpaired) electrons. The summed E-state index contributed by atoms with van der Waals surface area (Å²) in [6, 6.07) is 0. The average molecular weight is 248 g/mol. The molecule has 0 amide bonds. The first-order valence-electron chi connectivity index (χ1n) is 0.783. The second-order valence-corrected chi connectivity index (χ2v) is 4.20. The monoisotopic (exact) mass is 248 g/mol. The molecule has 0 aromatic heterocycles. The van der Waals surface area contributed by atoms with Crippen LogP contribution in [0.2, 0.25) is 0 Å². The summed E-state index contributed by atoms with van der Waals surface area (Å²) < 4.78 is 30.9. The molecule has 0 atom stereocenters. The van der Waals surface area contributed by atoms with Crippen molar-refractivity contribution >= 4 is 0 Å². The summed E-state index contributed by atoms with van der Waals surface area (Å²) in [6.45, 7) is 0. The van der Waals surface area contributed by atoms with E-state index in [1.165, 1.54) is 0 Å². The van der Waals surface area contributed by atoms with Gasteiger partial charge >= 0.3 is 32.4 Å². The Balaban J connectivity index is 3.47. The predicted molar refractivity (Wildman–Crippen MR) is 7.34 cm³/mol. The quantitative estimate of drug-likeness (QED) is 0.473. The number of rotatable bonds is 0. The molecule has 0 aliphatic heterocycles. The Bertz CT molecular complexity index is 49.8. The Morgan fingerprint density at radius 2 is 1.20 bits per heavy atom. The molecule has 0 aromatic carbocycles. The van der Waals surface area contributed by atoms with Gasteiger partial charge in [0.1, 0.15) is 0 Å². The maximum atomic E-state index is 8.99. The summed E-state index contributed by atoms with van der Waals surface area (Å²) in [5.74, 6) is 0. The Hall–Kier alpha value is 0.420. The summed E-state index contributed by atoms with van der Waals surface area (Å²) in [6.07, 6.45) is 0. The standard InChI is InChI=1S/3H2O.O.Ta/h3*1H2;;/q;;;;+3/p-3. The molecule has 0 saturated heterocycles. The SMILES string of the molecule is [O]=[Ta]([OH])([OH])[OH]. The molecule has 0 fully saturated rings. The molecule has 0 heterocycles. The van der Waals surface area contributed by atoms with Crippen LogP contribution in [0.1, 0.15) is 0 Å². The topological polar surface area (TPSA) is 77.8 Å². The fourth-order valence-corrected chi connectivity index (χ4v) is 0. The van der Waals surface area contributed by atoms with Crippen LogP contribution in [0.25, 0.3) is 0 Å². The van der Waals surface area contributed by atoms with E-state index in [1.807, 2.05) is 0 Å². The normalized spacial score (nSPS) is 11.8. The van der Waals surface area contributed by atoms with Crippen molar-refractivity contribution in [3.63, 3.8) is 0 Å².